The predicted molar refractivity (Wildman–Crippen MR) is 148 cm³/mol. The third-order valence-electron chi connectivity index (χ3n) is 6.45. The van der Waals surface area contributed by atoms with Crippen molar-refractivity contribution in [3.63, 3.8) is 0 Å². The molecule has 0 aliphatic rings. The Morgan fingerprint density at radius 3 is 2.47 bits per heavy atom. The molecular formula is C30H28N6O2. The summed E-state index contributed by atoms with van der Waals surface area (Å²) in [6.45, 7) is 5.89. The zero-order valence-corrected chi connectivity index (χ0v) is 21.5. The fraction of sp³-hybridized carbons (Fsp3) is 0.167. The standard InChI is InChI=1S/C30H28N6O2/c1-18-14-26-29(34-20(18)3)36(28(35-26)25-8-5-13-32-27(25)31)24-11-9-21(10-12-24)17-33-30(38)23-7-4-6-22(16-23)15-19(2)37/h4-14,16H,15,17H2,1-3H3,(H2,31,32)(H,33,38). The summed E-state index contributed by atoms with van der Waals surface area (Å²) in [7, 11) is 0. The number of amides is 1. The molecule has 3 heterocycles. The van der Waals surface area contributed by atoms with Crippen LogP contribution in [0, 0.1) is 13.8 Å². The summed E-state index contributed by atoms with van der Waals surface area (Å²) < 4.78 is 1.98. The van der Waals surface area contributed by atoms with Gasteiger partial charge in [-0.2, -0.15) is 0 Å². The number of aromatic nitrogens is 4. The molecule has 0 aliphatic carbocycles. The Morgan fingerprint density at radius 1 is 0.947 bits per heavy atom. The Labute approximate surface area is 220 Å². The molecule has 8 heteroatoms. The van der Waals surface area contributed by atoms with E-state index < -0.39 is 0 Å². The summed E-state index contributed by atoms with van der Waals surface area (Å²) in [6, 6.07) is 20.8. The highest BCUT2D eigenvalue weighted by molar-refractivity contribution is 5.94. The van der Waals surface area contributed by atoms with Crippen molar-refractivity contribution in [2.24, 2.45) is 0 Å². The first-order valence-corrected chi connectivity index (χ1v) is 12.3. The maximum atomic E-state index is 12.7. The van der Waals surface area contributed by atoms with Gasteiger partial charge in [0.2, 0.25) is 0 Å². The average Bonchev–Trinajstić information content (AvgIpc) is 3.25. The smallest absolute Gasteiger partial charge is 0.251 e. The van der Waals surface area contributed by atoms with Gasteiger partial charge in [-0.1, -0.05) is 24.3 Å². The number of nitrogens with one attached hydrogen (secondary N) is 1. The Hall–Kier alpha value is -4.85. The molecule has 0 saturated carbocycles. The van der Waals surface area contributed by atoms with E-state index in [1.165, 1.54) is 6.92 Å². The first-order valence-electron chi connectivity index (χ1n) is 12.3. The van der Waals surface area contributed by atoms with Crippen LogP contribution in [0.1, 0.15) is 39.7 Å². The SMILES string of the molecule is CC(=O)Cc1cccc(C(=O)NCc2ccc(-n3c(-c4cccnc4N)nc4cc(C)c(C)nc43)cc2)c1. The van der Waals surface area contributed by atoms with Crippen molar-refractivity contribution < 1.29 is 9.59 Å². The number of aryl methyl sites for hydroxylation is 2. The fourth-order valence-corrected chi connectivity index (χ4v) is 4.38. The van der Waals surface area contributed by atoms with Crippen LogP contribution in [-0.2, 0) is 17.8 Å². The summed E-state index contributed by atoms with van der Waals surface area (Å²) in [6.07, 6.45) is 1.97. The highest BCUT2D eigenvalue weighted by Gasteiger charge is 2.19. The van der Waals surface area contributed by atoms with Gasteiger partial charge in [0.1, 0.15) is 17.1 Å². The van der Waals surface area contributed by atoms with Crippen LogP contribution >= 0.6 is 0 Å². The summed E-state index contributed by atoms with van der Waals surface area (Å²) >= 11 is 0. The third kappa shape index (κ3) is 5.01. The molecule has 0 unspecified atom stereocenters. The number of ketones is 1. The topological polar surface area (TPSA) is 116 Å². The second-order valence-corrected chi connectivity index (χ2v) is 9.37. The zero-order valence-electron chi connectivity index (χ0n) is 21.5. The number of fused-ring (bicyclic) bond motifs is 1. The molecule has 0 radical (unpaired) electrons. The van der Waals surface area contributed by atoms with E-state index in [1.807, 2.05) is 66.9 Å². The van der Waals surface area contributed by atoms with Crippen molar-refractivity contribution in [3.05, 3.63) is 101 Å². The van der Waals surface area contributed by atoms with Crippen molar-refractivity contribution in [3.8, 4) is 17.1 Å². The van der Waals surface area contributed by atoms with Crippen LogP contribution in [0.2, 0.25) is 0 Å². The quantitative estimate of drug-likeness (QED) is 0.331. The van der Waals surface area contributed by atoms with E-state index in [0.29, 0.717) is 30.2 Å². The number of carbonyl (C=O) groups excluding carboxylic acids is 2. The van der Waals surface area contributed by atoms with Gasteiger partial charge < -0.3 is 11.1 Å². The molecule has 0 spiro atoms. The lowest BCUT2D eigenvalue weighted by Gasteiger charge is -2.12. The van der Waals surface area contributed by atoms with Gasteiger partial charge in [0.15, 0.2) is 11.5 Å². The van der Waals surface area contributed by atoms with E-state index >= 15 is 0 Å². The molecule has 38 heavy (non-hydrogen) atoms. The molecule has 5 rings (SSSR count). The number of rotatable bonds is 7. The number of benzene rings is 2. The highest BCUT2D eigenvalue weighted by atomic mass is 16.1. The van der Waals surface area contributed by atoms with E-state index in [9.17, 15) is 9.59 Å². The predicted octanol–water partition coefficient (Wildman–Crippen LogP) is 4.74. The van der Waals surface area contributed by atoms with Crippen molar-refractivity contribution in [2.75, 3.05) is 5.73 Å². The summed E-state index contributed by atoms with van der Waals surface area (Å²) in [5.41, 5.74) is 13.6. The van der Waals surface area contributed by atoms with Gasteiger partial charge in [-0.15, -0.1) is 0 Å². The van der Waals surface area contributed by atoms with Crippen LogP contribution in [0.3, 0.4) is 0 Å². The average molecular weight is 505 g/mol. The maximum absolute atomic E-state index is 12.7. The van der Waals surface area contributed by atoms with Crippen molar-refractivity contribution in [1.29, 1.82) is 0 Å². The minimum Gasteiger partial charge on any atom is -0.383 e. The molecular weight excluding hydrogens is 476 g/mol. The lowest BCUT2D eigenvalue weighted by atomic mass is 10.1. The summed E-state index contributed by atoms with van der Waals surface area (Å²) in [5, 5.41) is 2.96. The fourth-order valence-electron chi connectivity index (χ4n) is 4.38. The molecule has 0 bridgehead atoms. The minimum absolute atomic E-state index is 0.0585. The van der Waals surface area contributed by atoms with Gasteiger partial charge in [0.25, 0.3) is 5.91 Å². The Morgan fingerprint density at radius 2 is 1.74 bits per heavy atom. The second-order valence-electron chi connectivity index (χ2n) is 9.37. The molecule has 2 aromatic carbocycles. The van der Waals surface area contributed by atoms with Gasteiger partial charge in [-0.05, 0) is 79.9 Å². The monoisotopic (exact) mass is 504 g/mol. The Kier molecular flexibility index (Phi) is 6.70. The normalized spacial score (nSPS) is 11.0. The van der Waals surface area contributed by atoms with Crippen molar-refractivity contribution >= 4 is 28.7 Å². The molecule has 0 aliphatic heterocycles. The number of pyridine rings is 2. The van der Waals surface area contributed by atoms with E-state index in [-0.39, 0.29) is 11.7 Å². The number of nitrogen functional groups attached to an aromatic ring is 1. The molecule has 1 amide bonds. The highest BCUT2D eigenvalue weighted by Crippen LogP contribution is 2.31. The molecule has 8 nitrogen and oxygen atoms in total. The van der Waals surface area contributed by atoms with Crippen LogP contribution in [0.4, 0.5) is 5.82 Å². The molecule has 5 aromatic rings. The van der Waals surface area contributed by atoms with Crippen molar-refractivity contribution in [2.45, 2.75) is 33.7 Å². The number of Topliss-reactive ketones (excluding diaryl/α,β-unsaturated/α-hetero) is 1. The molecule has 0 fully saturated rings. The summed E-state index contributed by atoms with van der Waals surface area (Å²) in [5.74, 6) is 0.923. The minimum atomic E-state index is -0.190. The van der Waals surface area contributed by atoms with Crippen LogP contribution in [-0.4, -0.2) is 31.2 Å². The van der Waals surface area contributed by atoms with Gasteiger partial charge in [0, 0.05) is 36.1 Å². The molecule has 190 valence electrons. The van der Waals surface area contributed by atoms with Crippen molar-refractivity contribution in [1.82, 2.24) is 24.8 Å². The number of imidazole rings is 1. The number of hydrogen-bond donors (Lipinski definition) is 2. The Balaban J connectivity index is 1.43. The lowest BCUT2D eigenvalue weighted by molar-refractivity contribution is -0.116. The third-order valence-corrected chi connectivity index (χ3v) is 6.45. The largest absolute Gasteiger partial charge is 0.383 e. The first-order chi connectivity index (χ1) is 18.3. The van der Waals surface area contributed by atoms with Crippen LogP contribution in [0.5, 0.6) is 0 Å². The molecule has 3 aromatic heterocycles. The number of anilines is 1. The van der Waals surface area contributed by atoms with Crippen LogP contribution in [0.15, 0.2) is 72.9 Å². The van der Waals surface area contributed by atoms with Gasteiger partial charge in [-0.25, -0.2) is 15.0 Å². The van der Waals surface area contributed by atoms with Gasteiger partial charge in [-0.3, -0.25) is 14.2 Å². The van der Waals surface area contributed by atoms with E-state index in [0.717, 1.165) is 44.8 Å². The van der Waals surface area contributed by atoms with E-state index in [1.54, 1.807) is 24.4 Å². The maximum Gasteiger partial charge on any atom is 0.251 e. The molecule has 3 N–H and O–H groups in total. The first kappa shape index (κ1) is 24.8. The molecule has 0 atom stereocenters. The van der Waals surface area contributed by atoms with Gasteiger partial charge in [0.05, 0.1) is 5.56 Å². The van der Waals surface area contributed by atoms with Gasteiger partial charge >= 0.3 is 0 Å². The van der Waals surface area contributed by atoms with Crippen LogP contribution < -0.4 is 11.1 Å². The second kappa shape index (κ2) is 10.3. The number of nitrogens with two attached hydrogens (primary N) is 1. The number of nitrogens with zero attached hydrogens (tertiary/aromatic N) is 4. The van der Waals surface area contributed by atoms with E-state index in [4.69, 9.17) is 15.7 Å². The lowest BCUT2D eigenvalue weighted by Crippen LogP contribution is -2.23. The Bertz CT molecular complexity index is 1670. The molecule has 0 saturated heterocycles. The zero-order chi connectivity index (χ0) is 26.8. The summed E-state index contributed by atoms with van der Waals surface area (Å²) in [4.78, 5) is 38.1. The number of carbonyl (C=O) groups is 2. The number of hydrogen-bond acceptors (Lipinski definition) is 6. The van der Waals surface area contributed by atoms with Crippen LogP contribution in [0.25, 0.3) is 28.2 Å². The van der Waals surface area contributed by atoms with E-state index in [2.05, 4.69) is 10.3 Å².